The Bertz CT molecular complexity index is 1590. The van der Waals surface area contributed by atoms with Gasteiger partial charge in [-0.2, -0.15) is 0 Å². The van der Waals surface area contributed by atoms with E-state index < -0.39 is 0 Å². The number of para-hydroxylation sites is 1. The minimum atomic E-state index is -0.348. The van der Waals surface area contributed by atoms with Crippen molar-refractivity contribution < 1.29 is 23.5 Å². The molecule has 5 aromatic rings. The number of carbonyl (C=O) groups excluding carboxylic acids is 2. The van der Waals surface area contributed by atoms with Crippen molar-refractivity contribution in [3.05, 3.63) is 102 Å². The van der Waals surface area contributed by atoms with Gasteiger partial charge in [-0.05, 0) is 46.7 Å². The van der Waals surface area contributed by atoms with Crippen LogP contribution in [0.2, 0.25) is 0 Å². The Morgan fingerprint density at radius 2 is 1.51 bits per heavy atom. The highest BCUT2D eigenvalue weighted by Gasteiger charge is 2.25. The molecule has 2 heterocycles. The minimum absolute atomic E-state index is 0.0779. The largest absolute Gasteiger partial charge is 0.486 e. The van der Waals surface area contributed by atoms with Crippen LogP contribution in [0.5, 0.6) is 11.5 Å². The lowest BCUT2D eigenvalue weighted by atomic mass is 10.0. The molecule has 1 N–H and O–H groups in total. The van der Waals surface area contributed by atoms with Crippen molar-refractivity contribution in [2.45, 2.75) is 6.42 Å². The van der Waals surface area contributed by atoms with Crippen LogP contribution in [0.15, 0.2) is 89.3 Å². The third-order valence-corrected chi connectivity index (χ3v) is 6.10. The third kappa shape index (κ3) is 3.89. The van der Waals surface area contributed by atoms with E-state index >= 15 is 0 Å². The van der Waals surface area contributed by atoms with Crippen LogP contribution in [0.1, 0.15) is 21.7 Å². The number of ether oxygens (including phenoxy) is 2. The average Bonchev–Trinajstić information content (AvgIpc) is 3.26. The van der Waals surface area contributed by atoms with Gasteiger partial charge in [0.25, 0.3) is 0 Å². The molecule has 35 heavy (non-hydrogen) atoms. The van der Waals surface area contributed by atoms with E-state index in [1.165, 1.54) is 0 Å². The number of fused-ring (bicyclic) bond motifs is 3. The first-order valence-electron chi connectivity index (χ1n) is 11.4. The number of ketones is 1. The van der Waals surface area contributed by atoms with Gasteiger partial charge in [0.1, 0.15) is 18.8 Å². The summed E-state index contributed by atoms with van der Waals surface area (Å²) in [5.74, 6) is 0.609. The van der Waals surface area contributed by atoms with E-state index in [-0.39, 0.29) is 23.9 Å². The van der Waals surface area contributed by atoms with Crippen molar-refractivity contribution in [2.75, 3.05) is 18.5 Å². The highest BCUT2D eigenvalue weighted by molar-refractivity contribution is 6.17. The van der Waals surface area contributed by atoms with Gasteiger partial charge in [0, 0.05) is 10.9 Å². The highest BCUT2D eigenvalue weighted by atomic mass is 16.6. The van der Waals surface area contributed by atoms with E-state index in [9.17, 15) is 9.59 Å². The van der Waals surface area contributed by atoms with E-state index in [2.05, 4.69) is 5.32 Å². The third-order valence-electron chi connectivity index (χ3n) is 6.10. The molecule has 6 rings (SSSR count). The number of hydrogen-bond acceptors (Lipinski definition) is 5. The second-order valence-corrected chi connectivity index (χ2v) is 8.35. The number of amides is 1. The molecule has 0 aliphatic carbocycles. The fourth-order valence-corrected chi connectivity index (χ4v) is 4.45. The summed E-state index contributed by atoms with van der Waals surface area (Å²) in [5, 5.41) is 5.71. The van der Waals surface area contributed by atoms with Gasteiger partial charge in [-0.3, -0.25) is 9.59 Å². The monoisotopic (exact) mass is 463 g/mol. The molecule has 0 unspecified atom stereocenters. The highest BCUT2D eigenvalue weighted by Crippen LogP contribution is 2.35. The normalized spacial score (nSPS) is 12.6. The maximum absolute atomic E-state index is 13.5. The number of carbonyl (C=O) groups is 2. The Kier molecular flexibility index (Phi) is 5.19. The molecular formula is C29H21NO5. The Morgan fingerprint density at radius 1 is 0.771 bits per heavy atom. The summed E-state index contributed by atoms with van der Waals surface area (Å²) < 4.78 is 17.1. The Morgan fingerprint density at radius 3 is 2.40 bits per heavy atom. The van der Waals surface area contributed by atoms with Crippen LogP contribution in [-0.4, -0.2) is 24.9 Å². The van der Waals surface area contributed by atoms with E-state index in [0.717, 1.165) is 16.3 Å². The Balaban J connectivity index is 1.35. The lowest BCUT2D eigenvalue weighted by molar-refractivity contribution is -0.115. The molecule has 0 radical (unpaired) electrons. The molecule has 0 saturated heterocycles. The molecule has 0 spiro atoms. The number of nitrogens with one attached hydrogen (secondary N) is 1. The summed E-state index contributed by atoms with van der Waals surface area (Å²) in [6.45, 7) is 0.890. The molecule has 1 aliphatic rings. The molecule has 1 aromatic heterocycles. The topological polar surface area (TPSA) is 77.8 Å². The van der Waals surface area contributed by atoms with Crippen LogP contribution in [0, 0.1) is 0 Å². The smallest absolute Gasteiger partial charge is 0.230 e. The summed E-state index contributed by atoms with van der Waals surface area (Å²) in [6, 6.07) is 26.1. The molecule has 1 aliphatic heterocycles. The average molecular weight is 463 g/mol. The zero-order valence-corrected chi connectivity index (χ0v) is 18.7. The van der Waals surface area contributed by atoms with Gasteiger partial charge in [0.15, 0.2) is 17.3 Å². The van der Waals surface area contributed by atoms with Crippen LogP contribution in [0.3, 0.4) is 0 Å². The molecule has 6 nitrogen and oxygen atoms in total. The quantitative estimate of drug-likeness (QED) is 0.335. The number of benzene rings is 4. The lowest BCUT2D eigenvalue weighted by Crippen LogP contribution is -2.17. The van der Waals surface area contributed by atoms with Crippen LogP contribution in [0.4, 0.5) is 5.69 Å². The van der Waals surface area contributed by atoms with Crippen molar-refractivity contribution in [3.8, 4) is 11.5 Å². The van der Waals surface area contributed by atoms with Crippen molar-refractivity contribution >= 4 is 39.1 Å². The summed E-state index contributed by atoms with van der Waals surface area (Å²) >= 11 is 0. The molecule has 0 saturated carbocycles. The molecule has 0 atom stereocenters. The minimum Gasteiger partial charge on any atom is -0.486 e. The van der Waals surface area contributed by atoms with Gasteiger partial charge in [0.2, 0.25) is 11.7 Å². The van der Waals surface area contributed by atoms with Crippen LogP contribution in [-0.2, 0) is 11.2 Å². The molecular weight excluding hydrogens is 442 g/mol. The fraction of sp³-hybridized carbons (Fsp3) is 0.103. The summed E-state index contributed by atoms with van der Waals surface area (Å²) in [6.07, 6.45) is 0.165. The van der Waals surface area contributed by atoms with Gasteiger partial charge in [-0.1, -0.05) is 54.6 Å². The molecule has 6 heteroatoms. The van der Waals surface area contributed by atoms with Gasteiger partial charge < -0.3 is 19.2 Å². The van der Waals surface area contributed by atoms with E-state index in [1.807, 2.05) is 60.7 Å². The summed E-state index contributed by atoms with van der Waals surface area (Å²) in [5.41, 5.74) is 2.19. The van der Waals surface area contributed by atoms with E-state index in [1.54, 1.807) is 24.3 Å². The molecule has 172 valence electrons. The van der Waals surface area contributed by atoms with Gasteiger partial charge >= 0.3 is 0 Å². The first-order valence-corrected chi connectivity index (χ1v) is 11.4. The van der Waals surface area contributed by atoms with Gasteiger partial charge in [-0.25, -0.2) is 0 Å². The standard InChI is InChI=1S/C29H21NO5/c31-26(17-19-8-5-7-18-6-1-2-9-21(18)19)30-27-22-10-3-4-11-23(22)35-29(27)28(32)20-12-13-24-25(16-20)34-15-14-33-24/h1-13,16H,14-15,17H2,(H,30,31). The van der Waals surface area contributed by atoms with E-state index in [4.69, 9.17) is 13.9 Å². The van der Waals surface area contributed by atoms with Crippen LogP contribution >= 0.6 is 0 Å². The van der Waals surface area contributed by atoms with Crippen molar-refractivity contribution in [1.82, 2.24) is 0 Å². The first-order chi connectivity index (χ1) is 17.2. The SMILES string of the molecule is O=C(Cc1cccc2ccccc12)Nc1c(C(=O)c2ccc3c(c2)OCCO3)oc2ccccc12. The van der Waals surface area contributed by atoms with Crippen molar-refractivity contribution in [2.24, 2.45) is 0 Å². The molecule has 0 fully saturated rings. The molecule has 4 aromatic carbocycles. The van der Waals surface area contributed by atoms with Crippen molar-refractivity contribution in [1.29, 1.82) is 0 Å². The number of hydrogen-bond donors (Lipinski definition) is 1. The van der Waals surface area contributed by atoms with E-state index in [0.29, 0.717) is 46.9 Å². The molecule has 0 bridgehead atoms. The van der Waals surface area contributed by atoms with Gasteiger partial charge in [0.05, 0.1) is 12.1 Å². The first kappa shape index (κ1) is 21.0. The summed E-state index contributed by atoms with van der Waals surface area (Å²) in [7, 11) is 0. The number of rotatable bonds is 5. The number of anilines is 1. The zero-order valence-electron chi connectivity index (χ0n) is 18.7. The van der Waals surface area contributed by atoms with Crippen molar-refractivity contribution in [3.63, 3.8) is 0 Å². The van der Waals surface area contributed by atoms with Crippen LogP contribution in [0.25, 0.3) is 21.7 Å². The molecule has 1 amide bonds. The second-order valence-electron chi connectivity index (χ2n) is 8.35. The predicted octanol–water partition coefficient (Wildman–Crippen LogP) is 5.77. The maximum atomic E-state index is 13.5. The van der Waals surface area contributed by atoms with Gasteiger partial charge in [-0.15, -0.1) is 0 Å². The lowest BCUT2D eigenvalue weighted by Gasteiger charge is -2.18. The fourth-order valence-electron chi connectivity index (χ4n) is 4.45. The second kappa shape index (κ2) is 8.65. The Hall–Kier alpha value is -4.58. The summed E-state index contributed by atoms with van der Waals surface area (Å²) in [4.78, 5) is 26.7. The van der Waals surface area contributed by atoms with Crippen LogP contribution < -0.4 is 14.8 Å². The Labute approximate surface area is 201 Å². The number of furan rings is 1. The maximum Gasteiger partial charge on any atom is 0.230 e. The zero-order chi connectivity index (χ0) is 23.8. The predicted molar refractivity (Wildman–Crippen MR) is 133 cm³/mol.